The molecule has 166 valence electrons. The fraction of sp³-hybridized carbons (Fsp3) is 0.346. The summed E-state index contributed by atoms with van der Waals surface area (Å²) in [5.41, 5.74) is 4.31. The number of allylic oxidation sites excluding steroid dienone is 1. The van der Waals surface area contributed by atoms with Crippen molar-refractivity contribution < 1.29 is 27.2 Å². The van der Waals surface area contributed by atoms with Gasteiger partial charge in [-0.2, -0.15) is 17.7 Å². The molecule has 0 N–H and O–H groups in total. The minimum absolute atomic E-state index is 0.0155. The van der Waals surface area contributed by atoms with E-state index in [9.17, 15) is 13.2 Å². The number of ether oxygens (including phenoxy) is 2. The van der Waals surface area contributed by atoms with Crippen LogP contribution in [-0.2, 0) is 22.1 Å². The molecule has 3 atom stereocenters. The summed E-state index contributed by atoms with van der Waals surface area (Å²) in [6.45, 7) is 4.09. The molecule has 0 saturated carbocycles. The van der Waals surface area contributed by atoms with Crippen molar-refractivity contribution >= 4 is 10.9 Å². The van der Waals surface area contributed by atoms with E-state index in [1.54, 1.807) is 13.2 Å². The number of pyridine rings is 1. The normalized spacial score (nSPS) is 20.4. The molecule has 0 saturated heterocycles. The second-order valence-electron chi connectivity index (χ2n) is 8.64. The predicted molar refractivity (Wildman–Crippen MR) is 116 cm³/mol. The number of fused-ring (bicyclic) bond motifs is 2. The average molecular weight is 440 g/mol. The molecule has 3 unspecified atom stereocenters. The van der Waals surface area contributed by atoms with E-state index in [-0.39, 0.29) is 18.1 Å². The first-order chi connectivity index (χ1) is 15.3. The third-order valence-electron chi connectivity index (χ3n) is 6.68. The van der Waals surface area contributed by atoms with Crippen LogP contribution in [0.5, 0.6) is 0 Å². The lowest BCUT2D eigenvalue weighted by Crippen LogP contribution is -2.47. The molecule has 3 heterocycles. The van der Waals surface area contributed by atoms with Crippen LogP contribution in [0.15, 0.2) is 60.4 Å². The van der Waals surface area contributed by atoms with E-state index in [1.165, 1.54) is 23.2 Å². The second kappa shape index (κ2) is 7.62. The molecule has 0 fully saturated rings. The van der Waals surface area contributed by atoms with Gasteiger partial charge in [-0.05, 0) is 55.8 Å². The number of aromatic nitrogens is 1. The van der Waals surface area contributed by atoms with E-state index in [4.69, 9.17) is 9.47 Å². The molecule has 3 aromatic rings. The highest BCUT2D eigenvalue weighted by atomic mass is 19.4. The van der Waals surface area contributed by atoms with Gasteiger partial charge in [-0.3, -0.25) is 0 Å². The zero-order chi connectivity index (χ0) is 22.6. The van der Waals surface area contributed by atoms with Gasteiger partial charge in [0.25, 0.3) is 0 Å². The number of methoxy groups -OCH3 is 1. The van der Waals surface area contributed by atoms with E-state index in [0.29, 0.717) is 12.2 Å². The lowest BCUT2D eigenvalue weighted by molar-refractivity contribution is -0.686. The van der Waals surface area contributed by atoms with E-state index >= 15 is 0 Å². The van der Waals surface area contributed by atoms with Gasteiger partial charge in [0.2, 0.25) is 11.2 Å². The van der Waals surface area contributed by atoms with Crippen LogP contribution in [0.2, 0.25) is 0 Å². The number of rotatable bonds is 5. The molecule has 3 nitrogen and oxygen atoms in total. The SMILES string of the molecule is CO/C(C)=C\C(C)OCC1c2cc(C(F)(F)F)ccc2-c2ccc3cccc4c3[n+]2C1C4. The number of hydrogen-bond acceptors (Lipinski definition) is 2. The van der Waals surface area contributed by atoms with Crippen LogP contribution < -0.4 is 4.57 Å². The van der Waals surface area contributed by atoms with Crippen LogP contribution in [0, 0.1) is 0 Å². The Labute approximate surface area is 185 Å². The van der Waals surface area contributed by atoms with Gasteiger partial charge in [-0.25, -0.2) is 0 Å². The summed E-state index contributed by atoms with van der Waals surface area (Å²) in [7, 11) is 1.60. The molecule has 0 radical (unpaired) electrons. The zero-order valence-corrected chi connectivity index (χ0v) is 18.2. The third kappa shape index (κ3) is 3.37. The molecule has 5 rings (SSSR count). The molecule has 0 aliphatic carbocycles. The Kier molecular flexibility index (Phi) is 5.01. The maximum atomic E-state index is 13.6. The molecule has 2 aliphatic rings. The lowest BCUT2D eigenvalue weighted by Gasteiger charge is -2.29. The van der Waals surface area contributed by atoms with Gasteiger partial charge in [0.1, 0.15) is 0 Å². The van der Waals surface area contributed by atoms with Gasteiger partial charge >= 0.3 is 6.18 Å². The molecule has 6 heteroatoms. The van der Waals surface area contributed by atoms with Crippen LogP contribution in [0.25, 0.3) is 22.2 Å². The quantitative estimate of drug-likeness (QED) is 0.361. The highest BCUT2D eigenvalue weighted by Gasteiger charge is 2.47. The molecule has 0 bridgehead atoms. The molecule has 0 amide bonds. The summed E-state index contributed by atoms with van der Waals surface area (Å²) in [5, 5.41) is 1.15. The summed E-state index contributed by atoms with van der Waals surface area (Å²) in [5.74, 6) is 0.553. The predicted octanol–water partition coefficient (Wildman–Crippen LogP) is 5.96. The first-order valence-electron chi connectivity index (χ1n) is 10.8. The first-order valence-corrected chi connectivity index (χ1v) is 10.8. The van der Waals surface area contributed by atoms with Crippen LogP contribution in [0.1, 0.15) is 42.5 Å². The van der Waals surface area contributed by atoms with E-state index in [1.807, 2.05) is 32.1 Å². The van der Waals surface area contributed by atoms with Crippen molar-refractivity contribution in [1.82, 2.24) is 0 Å². The van der Waals surface area contributed by atoms with Crippen molar-refractivity contribution in [2.75, 3.05) is 13.7 Å². The fourth-order valence-corrected chi connectivity index (χ4v) is 5.17. The number of nitrogens with zero attached hydrogens (tertiary/aromatic N) is 1. The smallest absolute Gasteiger partial charge is 0.416 e. The molecular weight excluding hydrogens is 415 g/mol. The monoisotopic (exact) mass is 440 g/mol. The molecule has 32 heavy (non-hydrogen) atoms. The van der Waals surface area contributed by atoms with Crippen molar-refractivity contribution in [1.29, 1.82) is 0 Å². The summed E-state index contributed by atoms with van der Waals surface area (Å²) in [6.07, 6.45) is -1.95. The summed E-state index contributed by atoms with van der Waals surface area (Å²) in [6, 6.07) is 14.5. The maximum Gasteiger partial charge on any atom is 0.416 e. The summed E-state index contributed by atoms with van der Waals surface area (Å²) >= 11 is 0. The number of halogens is 3. The number of hydrogen-bond donors (Lipinski definition) is 0. The Morgan fingerprint density at radius 1 is 1.19 bits per heavy atom. The Morgan fingerprint density at radius 2 is 2.00 bits per heavy atom. The van der Waals surface area contributed by atoms with Gasteiger partial charge in [0.15, 0.2) is 6.04 Å². The van der Waals surface area contributed by atoms with Crippen LogP contribution >= 0.6 is 0 Å². The fourth-order valence-electron chi connectivity index (χ4n) is 5.17. The summed E-state index contributed by atoms with van der Waals surface area (Å²) in [4.78, 5) is 0. The highest BCUT2D eigenvalue weighted by molar-refractivity contribution is 5.82. The van der Waals surface area contributed by atoms with E-state index in [2.05, 4.69) is 22.8 Å². The second-order valence-corrected chi connectivity index (χ2v) is 8.64. The van der Waals surface area contributed by atoms with Gasteiger partial charge in [0.05, 0.1) is 42.6 Å². The van der Waals surface area contributed by atoms with Crippen molar-refractivity contribution in [3.63, 3.8) is 0 Å². The minimum atomic E-state index is -4.39. The van der Waals surface area contributed by atoms with Crippen molar-refractivity contribution in [2.24, 2.45) is 0 Å². The van der Waals surface area contributed by atoms with Crippen LogP contribution in [0.3, 0.4) is 0 Å². The number of para-hydroxylation sites is 1. The molecule has 0 spiro atoms. The minimum Gasteiger partial charge on any atom is -0.502 e. The van der Waals surface area contributed by atoms with Crippen LogP contribution in [-0.4, -0.2) is 19.8 Å². The van der Waals surface area contributed by atoms with E-state index < -0.39 is 11.7 Å². The Bertz CT molecular complexity index is 1230. The van der Waals surface area contributed by atoms with Gasteiger partial charge < -0.3 is 9.47 Å². The number of alkyl halides is 3. The maximum absolute atomic E-state index is 13.6. The average Bonchev–Trinajstić information content (AvgIpc) is 3.15. The van der Waals surface area contributed by atoms with Crippen molar-refractivity contribution in [3.8, 4) is 11.3 Å². The third-order valence-corrected chi connectivity index (χ3v) is 6.68. The first kappa shape index (κ1) is 21.0. The van der Waals surface area contributed by atoms with E-state index in [0.717, 1.165) is 28.8 Å². The Hall–Kier alpha value is -2.86. The molecule has 1 aromatic heterocycles. The van der Waals surface area contributed by atoms with Gasteiger partial charge in [-0.15, -0.1) is 0 Å². The topological polar surface area (TPSA) is 22.3 Å². The largest absolute Gasteiger partial charge is 0.502 e. The lowest BCUT2D eigenvalue weighted by atomic mass is 9.82. The highest BCUT2D eigenvalue weighted by Crippen LogP contribution is 2.46. The summed E-state index contributed by atoms with van der Waals surface area (Å²) < 4.78 is 54.4. The molecule has 2 aromatic carbocycles. The Morgan fingerprint density at radius 3 is 2.75 bits per heavy atom. The van der Waals surface area contributed by atoms with Gasteiger partial charge in [-0.1, -0.05) is 12.1 Å². The molecule has 2 aliphatic heterocycles. The molecular formula is C26H25F3NO2+. The van der Waals surface area contributed by atoms with Gasteiger partial charge in [0, 0.05) is 23.4 Å². The number of benzene rings is 2. The standard InChI is InChI=1S/C26H25F3NO2/c1-15(31-3)11-16(2)32-14-22-21-13-19(26(27,28)29)8-9-20(21)23-10-7-17-5-4-6-18-12-24(22)30(23)25(17)18/h4-11,13,16,22,24H,12,14H2,1-3H3/q+1/b15-11-. The van der Waals surface area contributed by atoms with Crippen molar-refractivity contribution in [3.05, 3.63) is 77.1 Å². The van der Waals surface area contributed by atoms with Crippen molar-refractivity contribution in [2.45, 2.75) is 44.5 Å². The van der Waals surface area contributed by atoms with Crippen LogP contribution in [0.4, 0.5) is 13.2 Å². The zero-order valence-electron chi connectivity index (χ0n) is 18.2. The Balaban J connectivity index is 1.63.